The van der Waals surface area contributed by atoms with Crippen molar-refractivity contribution in [2.24, 2.45) is 0 Å². The fourth-order valence-electron chi connectivity index (χ4n) is 0.645. The Bertz CT molecular complexity index is 236. The predicted molar refractivity (Wildman–Crippen MR) is 52.6 cm³/mol. The molecule has 0 bridgehead atoms. The zero-order valence-corrected chi connectivity index (χ0v) is 8.70. The number of aryl methyl sites for hydroxylation is 1. The lowest BCUT2D eigenvalue weighted by molar-refractivity contribution is 0.297. The Labute approximate surface area is 79.3 Å². The van der Waals surface area contributed by atoms with Gasteiger partial charge in [0, 0.05) is 4.57 Å². The van der Waals surface area contributed by atoms with Gasteiger partial charge in [-0.25, -0.2) is 0 Å². The van der Waals surface area contributed by atoms with E-state index in [1.165, 1.54) is 5.56 Å². The van der Waals surface area contributed by atoms with E-state index in [1.54, 1.807) is 6.92 Å². The molecule has 1 unspecified atom stereocenters. The van der Waals surface area contributed by atoms with Gasteiger partial charge in [-0.15, -0.1) is 9.42 Å². The van der Waals surface area contributed by atoms with Crippen molar-refractivity contribution in [1.29, 1.82) is 0 Å². The maximum Gasteiger partial charge on any atom is 0.694 e. The summed E-state index contributed by atoms with van der Waals surface area (Å²) in [5.74, 6) is 0. The van der Waals surface area contributed by atoms with Crippen molar-refractivity contribution in [3.8, 4) is 0 Å². The predicted octanol–water partition coefficient (Wildman–Crippen LogP) is 2.67. The van der Waals surface area contributed by atoms with Gasteiger partial charge in [0.2, 0.25) is 0 Å². The lowest BCUT2D eigenvalue weighted by atomic mass is 10.2. The van der Waals surface area contributed by atoms with Crippen LogP contribution in [0.25, 0.3) is 0 Å². The lowest BCUT2D eigenvalue weighted by Crippen LogP contribution is -1.72. The molecule has 0 saturated heterocycles. The molecule has 0 aliphatic rings. The molecule has 1 atom stereocenters. The molecular formula is C9H14O3P+. The van der Waals surface area contributed by atoms with Crippen molar-refractivity contribution in [2.45, 2.75) is 13.8 Å². The summed E-state index contributed by atoms with van der Waals surface area (Å²) in [5, 5.41) is 0. The molecule has 0 spiro atoms. The molecule has 1 aromatic rings. The average molecular weight is 201 g/mol. The first-order valence-electron chi connectivity index (χ1n) is 3.97. The molecule has 0 saturated carbocycles. The van der Waals surface area contributed by atoms with Crippen LogP contribution in [0.3, 0.4) is 0 Å². The van der Waals surface area contributed by atoms with Crippen LogP contribution in [0.5, 0.6) is 0 Å². The molecule has 1 rings (SSSR count). The SMILES string of the molecule is CCO[P+](=O)O.Cc1ccccc1. The minimum Gasteiger partial charge on any atom is -0.133 e. The maximum absolute atomic E-state index is 9.53. The van der Waals surface area contributed by atoms with Gasteiger partial charge in [0.15, 0.2) is 0 Å². The van der Waals surface area contributed by atoms with Gasteiger partial charge in [-0.05, 0) is 13.8 Å². The van der Waals surface area contributed by atoms with Crippen molar-refractivity contribution >= 4 is 8.25 Å². The molecular weight excluding hydrogens is 187 g/mol. The topological polar surface area (TPSA) is 46.5 Å². The summed E-state index contributed by atoms with van der Waals surface area (Å²) in [7, 11) is -2.35. The molecule has 0 heterocycles. The zero-order chi connectivity index (χ0) is 10.1. The second-order valence-electron chi connectivity index (χ2n) is 2.31. The molecule has 0 amide bonds. The summed E-state index contributed by atoms with van der Waals surface area (Å²) >= 11 is 0. The van der Waals surface area contributed by atoms with Crippen LogP contribution in [0.2, 0.25) is 0 Å². The monoisotopic (exact) mass is 201 g/mol. The van der Waals surface area contributed by atoms with Crippen LogP contribution in [0.1, 0.15) is 12.5 Å². The van der Waals surface area contributed by atoms with Gasteiger partial charge in [0.1, 0.15) is 6.61 Å². The van der Waals surface area contributed by atoms with Crippen LogP contribution in [0.15, 0.2) is 30.3 Å². The molecule has 13 heavy (non-hydrogen) atoms. The summed E-state index contributed by atoms with van der Waals surface area (Å²) in [5.41, 5.74) is 1.32. The molecule has 1 aromatic carbocycles. The fourth-order valence-corrected chi connectivity index (χ4v) is 0.866. The standard InChI is InChI=1S/C7H8.C2H5O3P/c1-7-5-3-2-4-6-7;1-2-5-6(3)4/h2-6H,1H3;2H2,1H3/p+1. The Morgan fingerprint density at radius 1 is 1.38 bits per heavy atom. The first-order chi connectivity index (χ1) is 6.16. The number of rotatable bonds is 2. The Hall–Kier alpha value is -0.760. The zero-order valence-electron chi connectivity index (χ0n) is 7.80. The molecule has 0 aliphatic heterocycles. The average Bonchev–Trinajstić information content (AvgIpc) is 2.06. The van der Waals surface area contributed by atoms with Crippen LogP contribution >= 0.6 is 8.25 Å². The van der Waals surface area contributed by atoms with Crippen molar-refractivity contribution < 1.29 is 14.0 Å². The first kappa shape index (κ1) is 12.2. The van der Waals surface area contributed by atoms with Crippen LogP contribution in [0.4, 0.5) is 0 Å². The van der Waals surface area contributed by atoms with E-state index in [9.17, 15) is 4.57 Å². The quantitative estimate of drug-likeness (QED) is 0.748. The van der Waals surface area contributed by atoms with Gasteiger partial charge in [0.25, 0.3) is 0 Å². The maximum atomic E-state index is 9.53. The Kier molecular flexibility index (Phi) is 7.41. The van der Waals surface area contributed by atoms with Crippen molar-refractivity contribution in [3.63, 3.8) is 0 Å². The summed E-state index contributed by atoms with van der Waals surface area (Å²) in [4.78, 5) is 7.84. The third-order valence-corrected chi connectivity index (χ3v) is 1.66. The van der Waals surface area contributed by atoms with Crippen LogP contribution in [-0.4, -0.2) is 11.5 Å². The molecule has 72 valence electrons. The highest BCUT2D eigenvalue weighted by molar-refractivity contribution is 7.32. The van der Waals surface area contributed by atoms with Crippen molar-refractivity contribution in [3.05, 3.63) is 35.9 Å². The van der Waals surface area contributed by atoms with E-state index in [4.69, 9.17) is 4.89 Å². The number of hydrogen-bond acceptors (Lipinski definition) is 2. The van der Waals surface area contributed by atoms with Gasteiger partial charge >= 0.3 is 8.25 Å². The molecule has 3 nitrogen and oxygen atoms in total. The highest BCUT2D eigenvalue weighted by Gasteiger charge is 2.06. The van der Waals surface area contributed by atoms with Crippen LogP contribution < -0.4 is 0 Å². The minimum absolute atomic E-state index is 0.297. The molecule has 1 N–H and O–H groups in total. The van der Waals surface area contributed by atoms with E-state index in [2.05, 4.69) is 23.6 Å². The summed E-state index contributed by atoms with van der Waals surface area (Å²) in [6.07, 6.45) is 0. The van der Waals surface area contributed by atoms with E-state index >= 15 is 0 Å². The summed E-state index contributed by atoms with van der Waals surface area (Å²) in [6, 6.07) is 10.3. The molecule has 0 aliphatic carbocycles. The Morgan fingerprint density at radius 2 is 1.92 bits per heavy atom. The highest BCUT2D eigenvalue weighted by Crippen LogP contribution is 2.12. The van der Waals surface area contributed by atoms with Crippen LogP contribution in [-0.2, 0) is 9.09 Å². The molecule has 0 aromatic heterocycles. The largest absolute Gasteiger partial charge is 0.694 e. The lowest BCUT2D eigenvalue weighted by Gasteiger charge is -1.82. The summed E-state index contributed by atoms with van der Waals surface area (Å²) in [6.45, 7) is 4.04. The normalized spacial score (nSPS) is 9.92. The molecule has 0 radical (unpaired) electrons. The second-order valence-corrected chi connectivity index (χ2v) is 3.04. The van der Waals surface area contributed by atoms with E-state index in [-0.39, 0.29) is 0 Å². The number of hydrogen-bond donors (Lipinski definition) is 1. The summed E-state index contributed by atoms with van der Waals surface area (Å²) < 4.78 is 13.6. The van der Waals surface area contributed by atoms with E-state index in [0.29, 0.717) is 6.61 Å². The fraction of sp³-hybridized carbons (Fsp3) is 0.333. The van der Waals surface area contributed by atoms with Crippen LogP contribution in [0, 0.1) is 6.92 Å². The van der Waals surface area contributed by atoms with Gasteiger partial charge in [0.05, 0.1) is 0 Å². The van der Waals surface area contributed by atoms with Gasteiger partial charge < -0.3 is 0 Å². The van der Waals surface area contributed by atoms with E-state index in [1.807, 2.05) is 18.2 Å². The second kappa shape index (κ2) is 7.87. The first-order valence-corrected chi connectivity index (χ1v) is 5.10. The smallest absolute Gasteiger partial charge is 0.133 e. The van der Waals surface area contributed by atoms with Crippen molar-refractivity contribution in [1.82, 2.24) is 0 Å². The Balaban J connectivity index is 0.000000226. The van der Waals surface area contributed by atoms with Crippen molar-refractivity contribution in [2.75, 3.05) is 6.61 Å². The molecule has 4 heteroatoms. The highest BCUT2D eigenvalue weighted by atomic mass is 31.1. The third-order valence-electron chi connectivity index (χ3n) is 1.18. The third kappa shape index (κ3) is 9.15. The van der Waals surface area contributed by atoms with E-state index in [0.717, 1.165) is 0 Å². The van der Waals surface area contributed by atoms with E-state index < -0.39 is 8.25 Å². The van der Waals surface area contributed by atoms with Gasteiger partial charge in [-0.2, -0.15) is 0 Å². The Morgan fingerprint density at radius 3 is 2.08 bits per heavy atom. The minimum atomic E-state index is -2.35. The molecule has 0 fully saturated rings. The van der Waals surface area contributed by atoms with Gasteiger partial charge in [-0.1, -0.05) is 35.9 Å². The van der Waals surface area contributed by atoms with Gasteiger partial charge in [-0.3, -0.25) is 0 Å². The number of benzene rings is 1.